The molecular formula is C33H25N. The molecule has 5 rings (SSSR count). The molecule has 0 aliphatic rings. The maximum absolute atomic E-state index is 5.00. The molecule has 0 unspecified atom stereocenters. The van der Waals surface area contributed by atoms with Crippen LogP contribution in [0.25, 0.3) is 11.6 Å². The topological polar surface area (TPSA) is 12.4 Å². The number of nitrogens with zero attached hydrogens (tertiary/aromatic N) is 1. The molecular weight excluding hydrogens is 410 g/mol. The van der Waals surface area contributed by atoms with Crippen molar-refractivity contribution in [3.8, 4) is 0 Å². The highest BCUT2D eigenvalue weighted by atomic mass is 14.7. The van der Waals surface area contributed by atoms with Gasteiger partial charge in [0.1, 0.15) is 0 Å². The molecule has 0 fully saturated rings. The summed E-state index contributed by atoms with van der Waals surface area (Å²) in [5, 5.41) is 0. The quantitative estimate of drug-likeness (QED) is 0.187. The Morgan fingerprint density at radius 2 is 0.824 bits per heavy atom. The minimum Gasteiger partial charge on any atom is -0.248 e. The molecule has 34 heavy (non-hydrogen) atoms. The molecule has 0 saturated carbocycles. The van der Waals surface area contributed by atoms with Crippen molar-refractivity contribution >= 4 is 23.0 Å². The van der Waals surface area contributed by atoms with Crippen LogP contribution in [0.2, 0.25) is 0 Å². The van der Waals surface area contributed by atoms with E-state index in [2.05, 4.69) is 109 Å². The lowest BCUT2D eigenvalue weighted by Gasteiger charge is -2.12. The van der Waals surface area contributed by atoms with Crippen molar-refractivity contribution in [1.29, 1.82) is 0 Å². The van der Waals surface area contributed by atoms with Crippen LogP contribution in [0.1, 0.15) is 27.8 Å². The zero-order valence-electron chi connectivity index (χ0n) is 18.9. The first-order valence-corrected chi connectivity index (χ1v) is 11.5. The molecule has 1 heteroatoms. The summed E-state index contributed by atoms with van der Waals surface area (Å²) < 4.78 is 0. The molecule has 0 radical (unpaired) electrons. The third kappa shape index (κ3) is 5.11. The third-order valence-electron chi connectivity index (χ3n) is 5.71. The third-order valence-corrected chi connectivity index (χ3v) is 5.71. The largest absolute Gasteiger partial charge is 0.248 e. The summed E-state index contributed by atoms with van der Waals surface area (Å²) in [6.45, 7) is 0. The molecule has 0 N–H and O–H groups in total. The number of para-hydroxylation sites is 1. The number of benzene rings is 5. The van der Waals surface area contributed by atoms with Gasteiger partial charge in [-0.05, 0) is 40.5 Å². The lowest BCUT2D eigenvalue weighted by atomic mass is 9.93. The van der Waals surface area contributed by atoms with Gasteiger partial charge in [0, 0.05) is 11.1 Å². The fourth-order valence-electron chi connectivity index (χ4n) is 4.00. The number of rotatable bonds is 6. The number of hydrogen-bond donors (Lipinski definition) is 0. The van der Waals surface area contributed by atoms with Gasteiger partial charge in [0.05, 0.1) is 11.4 Å². The van der Waals surface area contributed by atoms with Crippen LogP contribution in [0.3, 0.4) is 0 Å². The summed E-state index contributed by atoms with van der Waals surface area (Å²) in [4.78, 5) is 5.00. The summed E-state index contributed by atoms with van der Waals surface area (Å²) in [5.41, 5.74) is 8.84. The lowest BCUT2D eigenvalue weighted by Crippen LogP contribution is -2.03. The second-order valence-electron chi connectivity index (χ2n) is 8.07. The number of aliphatic imine (C=N–C) groups is 1. The minimum atomic E-state index is 0.944. The maximum atomic E-state index is 5.00. The van der Waals surface area contributed by atoms with Crippen molar-refractivity contribution in [3.63, 3.8) is 0 Å². The van der Waals surface area contributed by atoms with Crippen molar-refractivity contribution in [2.75, 3.05) is 0 Å². The van der Waals surface area contributed by atoms with E-state index in [9.17, 15) is 0 Å². The van der Waals surface area contributed by atoms with E-state index in [0.717, 1.165) is 22.5 Å². The first kappa shape index (κ1) is 21.4. The van der Waals surface area contributed by atoms with Gasteiger partial charge in [0.25, 0.3) is 0 Å². The van der Waals surface area contributed by atoms with E-state index in [0.29, 0.717) is 0 Å². The van der Waals surface area contributed by atoms with Gasteiger partial charge in [-0.15, -0.1) is 0 Å². The first-order valence-electron chi connectivity index (χ1n) is 11.5. The van der Waals surface area contributed by atoms with Crippen LogP contribution in [-0.2, 0) is 0 Å². The van der Waals surface area contributed by atoms with Crippen molar-refractivity contribution in [2.45, 2.75) is 0 Å². The minimum absolute atomic E-state index is 0.944. The van der Waals surface area contributed by atoms with Gasteiger partial charge < -0.3 is 0 Å². The molecule has 5 aromatic rings. The van der Waals surface area contributed by atoms with Crippen LogP contribution in [0.5, 0.6) is 0 Å². The predicted molar refractivity (Wildman–Crippen MR) is 144 cm³/mol. The zero-order valence-corrected chi connectivity index (χ0v) is 18.9. The summed E-state index contributed by atoms with van der Waals surface area (Å²) >= 11 is 0. The van der Waals surface area contributed by atoms with E-state index in [4.69, 9.17) is 4.99 Å². The number of hydrogen-bond acceptors (Lipinski definition) is 1. The molecule has 0 bridgehead atoms. The molecule has 0 aliphatic heterocycles. The van der Waals surface area contributed by atoms with E-state index < -0.39 is 0 Å². The van der Waals surface area contributed by atoms with Crippen LogP contribution in [0.4, 0.5) is 5.69 Å². The molecule has 0 heterocycles. The highest BCUT2D eigenvalue weighted by Gasteiger charge is 2.10. The Morgan fingerprint density at radius 1 is 0.412 bits per heavy atom. The normalized spacial score (nSPS) is 11.9. The Kier molecular flexibility index (Phi) is 6.54. The van der Waals surface area contributed by atoms with Crippen LogP contribution in [-0.4, -0.2) is 5.71 Å². The molecule has 0 amide bonds. The van der Waals surface area contributed by atoms with Crippen molar-refractivity contribution in [3.05, 3.63) is 173 Å². The summed E-state index contributed by atoms with van der Waals surface area (Å²) in [7, 11) is 0. The standard InChI is InChI=1S/C33H25N/c1-5-13-26(14-6-1)25-32(27-15-7-2-8-16-27)28-21-23-30(24-22-28)33(29-17-9-3-10-18-29)34-31-19-11-4-12-20-31/h1-25H/b32-25+,34-33+. The summed E-state index contributed by atoms with van der Waals surface area (Å²) in [6, 6.07) is 50.2. The van der Waals surface area contributed by atoms with Gasteiger partial charge in [-0.25, -0.2) is 4.99 Å². The second kappa shape index (κ2) is 10.4. The highest BCUT2D eigenvalue weighted by molar-refractivity contribution is 6.14. The molecule has 5 aromatic carbocycles. The average molecular weight is 436 g/mol. The van der Waals surface area contributed by atoms with Gasteiger partial charge in [-0.2, -0.15) is 0 Å². The van der Waals surface area contributed by atoms with Crippen LogP contribution >= 0.6 is 0 Å². The van der Waals surface area contributed by atoms with E-state index in [1.54, 1.807) is 0 Å². The molecule has 0 aromatic heterocycles. The Balaban J connectivity index is 1.57. The fourth-order valence-corrected chi connectivity index (χ4v) is 4.00. The molecule has 0 aliphatic carbocycles. The summed E-state index contributed by atoms with van der Waals surface area (Å²) in [6.07, 6.45) is 2.25. The van der Waals surface area contributed by atoms with E-state index in [1.165, 1.54) is 22.3 Å². The van der Waals surface area contributed by atoms with Gasteiger partial charge in [0.2, 0.25) is 0 Å². The lowest BCUT2D eigenvalue weighted by molar-refractivity contribution is 1.47. The monoisotopic (exact) mass is 435 g/mol. The van der Waals surface area contributed by atoms with Crippen LogP contribution in [0, 0.1) is 0 Å². The second-order valence-corrected chi connectivity index (χ2v) is 8.07. The van der Waals surface area contributed by atoms with Crippen molar-refractivity contribution in [1.82, 2.24) is 0 Å². The Labute approximate surface area is 201 Å². The molecule has 1 nitrogen and oxygen atoms in total. The maximum Gasteiger partial charge on any atom is 0.0781 e. The van der Waals surface area contributed by atoms with Gasteiger partial charge >= 0.3 is 0 Å². The van der Waals surface area contributed by atoms with E-state index in [-0.39, 0.29) is 0 Å². The predicted octanol–water partition coefficient (Wildman–Crippen LogP) is 8.44. The zero-order chi connectivity index (χ0) is 23.0. The molecule has 0 spiro atoms. The SMILES string of the molecule is C(=C(/c1ccccc1)c1ccc(/C(=N/c2ccccc2)c2ccccc2)cc1)/c1ccccc1. The van der Waals surface area contributed by atoms with E-state index in [1.807, 2.05) is 42.5 Å². The van der Waals surface area contributed by atoms with Gasteiger partial charge in [0.15, 0.2) is 0 Å². The van der Waals surface area contributed by atoms with Crippen molar-refractivity contribution < 1.29 is 0 Å². The summed E-state index contributed by atoms with van der Waals surface area (Å²) in [5.74, 6) is 0. The first-order chi connectivity index (χ1) is 16.9. The highest BCUT2D eigenvalue weighted by Crippen LogP contribution is 2.27. The van der Waals surface area contributed by atoms with Crippen molar-refractivity contribution in [2.24, 2.45) is 4.99 Å². The Hall–Kier alpha value is -4.49. The fraction of sp³-hybridized carbons (Fsp3) is 0. The average Bonchev–Trinajstić information content (AvgIpc) is 2.93. The molecule has 162 valence electrons. The van der Waals surface area contributed by atoms with Gasteiger partial charge in [-0.3, -0.25) is 0 Å². The molecule has 0 atom stereocenters. The smallest absolute Gasteiger partial charge is 0.0781 e. The van der Waals surface area contributed by atoms with Gasteiger partial charge in [-0.1, -0.05) is 133 Å². The Bertz CT molecular complexity index is 1270. The van der Waals surface area contributed by atoms with E-state index >= 15 is 0 Å². The van der Waals surface area contributed by atoms with Crippen LogP contribution < -0.4 is 0 Å². The Morgan fingerprint density at radius 3 is 1.41 bits per heavy atom. The van der Waals surface area contributed by atoms with Crippen LogP contribution in [0.15, 0.2) is 151 Å². The molecule has 0 saturated heterocycles.